The Morgan fingerprint density at radius 2 is 2.09 bits per heavy atom. The molecule has 10 heteroatoms. The maximum Gasteiger partial charge on any atom is 0.414 e. The average molecular weight is 451 g/mol. The van der Waals surface area contributed by atoms with Gasteiger partial charge in [-0.1, -0.05) is 11.3 Å². The van der Waals surface area contributed by atoms with Crippen LogP contribution in [-0.4, -0.2) is 64.1 Å². The van der Waals surface area contributed by atoms with Gasteiger partial charge in [0.15, 0.2) is 0 Å². The number of nitrogens with one attached hydrogen (secondary N) is 1. The molecule has 1 aromatic carbocycles. The Hall–Kier alpha value is -3.37. The van der Waals surface area contributed by atoms with E-state index < -0.39 is 17.3 Å². The zero-order valence-electron chi connectivity index (χ0n) is 17.6. The Bertz CT molecular complexity index is 1190. The number of aromatic amines is 1. The molecule has 2 N–H and O–H groups in total. The first-order valence-corrected chi connectivity index (χ1v) is 10.9. The first-order valence-electron chi connectivity index (χ1n) is 10.9. The van der Waals surface area contributed by atoms with E-state index in [1.54, 1.807) is 30.6 Å². The Balaban J connectivity index is 1.28. The molecular formula is C23H22FN5O4. The van der Waals surface area contributed by atoms with Crippen LogP contribution in [0.15, 0.2) is 42.7 Å². The highest BCUT2D eigenvalue weighted by Crippen LogP contribution is 2.63. The van der Waals surface area contributed by atoms with Crippen molar-refractivity contribution in [2.24, 2.45) is 11.8 Å². The van der Waals surface area contributed by atoms with Gasteiger partial charge in [-0.15, -0.1) is 5.10 Å². The van der Waals surface area contributed by atoms with Crippen LogP contribution >= 0.6 is 0 Å². The number of hydrogen-bond donors (Lipinski definition) is 2. The molecule has 2 aliphatic heterocycles. The minimum atomic E-state index is -0.522. The van der Waals surface area contributed by atoms with Gasteiger partial charge < -0.3 is 14.6 Å². The molecule has 1 saturated carbocycles. The van der Waals surface area contributed by atoms with Gasteiger partial charge in [0.1, 0.15) is 11.9 Å². The molecular weight excluding hydrogens is 429 g/mol. The van der Waals surface area contributed by atoms with Gasteiger partial charge >= 0.3 is 6.09 Å². The highest BCUT2D eigenvalue weighted by Gasteiger charge is 2.69. The third-order valence-electron chi connectivity index (χ3n) is 7.15. The molecule has 2 aromatic heterocycles. The van der Waals surface area contributed by atoms with Crippen molar-refractivity contribution in [3.63, 3.8) is 0 Å². The number of nitrogens with zero attached hydrogens (tertiary/aromatic N) is 4. The van der Waals surface area contributed by atoms with Crippen molar-refractivity contribution in [1.29, 1.82) is 0 Å². The van der Waals surface area contributed by atoms with Gasteiger partial charge in [-0.3, -0.25) is 15.0 Å². The van der Waals surface area contributed by atoms with Crippen molar-refractivity contribution >= 4 is 11.8 Å². The molecule has 4 heterocycles. The zero-order valence-corrected chi connectivity index (χ0v) is 17.6. The minimum Gasteiger partial charge on any atom is -0.444 e. The number of fused-ring (bicyclic) bond motifs is 1. The largest absolute Gasteiger partial charge is 0.444 e. The molecule has 170 valence electrons. The number of benzene rings is 1. The first kappa shape index (κ1) is 20.3. The molecule has 3 fully saturated rings. The second-order valence-electron chi connectivity index (χ2n) is 8.81. The first-order chi connectivity index (χ1) is 16.1. The van der Waals surface area contributed by atoms with Crippen LogP contribution in [0.4, 0.5) is 14.9 Å². The summed E-state index contributed by atoms with van der Waals surface area (Å²) in [6, 6.07) is 8.29. The van der Waals surface area contributed by atoms with Crippen molar-refractivity contribution in [3.05, 3.63) is 59.9 Å². The number of hydrogen-bond acceptors (Lipinski definition) is 7. The molecule has 0 spiro atoms. The number of H-pyrrole nitrogens is 1. The monoisotopic (exact) mass is 451 g/mol. The number of cyclic esters (lactones) is 1. The van der Waals surface area contributed by atoms with Crippen LogP contribution in [-0.2, 0) is 21.3 Å². The lowest BCUT2D eigenvalue weighted by molar-refractivity contribution is 0.118. The summed E-state index contributed by atoms with van der Waals surface area (Å²) in [7, 11) is 0. The second-order valence-corrected chi connectivity index (χ2v) is 8.81. The van der Waals surface area contributed by atoms with Crippen LogP contribution < -0.4 is 4.90 Å². The van der Waals surface area contributed by atoms with Gasteiger partial charge in [0.25, 0.3) is 0 Å². The number of aromatic nitrogens is 4. The number of rotatable bonds is 6. The van der Waals surface area contributed by atoms with Crippen molar-refractivity contribution < 1.29 is 23.8 Å². The summed E-state index contributed by atoms with van der Waals surface area (Å²) in [5, 5.41) is 20.4. The van der Waals surface area contributed by atoms with Crippen molar-refractivity contribution in [3.8, 4) is 11.1 Å². The van der Waals surface area contributed by atoms with Gasteiger partial charge in [-0.05, 0) is 24.3 Å². The number of carbonyl (C=O) groups excluding carboxylic acids is 1. The standard InChI is InChI=1S/C23H22FN5O4/c24-20-7-14(29-9-15(33-22(29)31)6-13-8-26-28-27-13)3-4-16(20)17-2-1-5-25-21(17)23(12-30)18-10-32-11-19(18)23/h1-5,7-8,15,18-19,30H,6,9-12H2,(H,26,27,28)/t15-,18?,19?,23?/m1/s1. The van der Waals surface area contributed by atoms with E-state index in [1.165, 1.54) is 11.0 Å². The maximum absolute atomic E-state index is 15.4. The normalized spacial score (nSPS) is 28.1. The summed E-state index contributed by atoms with van der Waals surface area (Å²) in [4.78, 5) is 18.4. The van der Waals surface area contributed by atoms with Gasteiger partial charge in [-0.2, -0.15) is 0 Å². The van der Waals surface area contributed by atoms with Gasteiger partial charge in [0.2, 0.25) is 0 Å². The third kappa shape index (κ3) is 3.12. The summed E-state index contributed by atoms with van der Waals surface area (Å²) in [5.74, 6) is -0.0781. The van der Waals surface area contributed by atoms with Gasteiger partial charge in [0, 0.05) is 41.0 Å². The minimum absolute atomic E-state index is 0.0533. The number of carbonyl (C=O) groups is 1. The van der Waals surface area contributed by atoms with Crippen LogP contribution in [0.25, 0.3) is 11.1 Å². The average Bonchev–Trinajstić information content (AvgIpc) is 3.35. The van der Waals surface area contributed by atoms with Crippen LogP contribution in [0.1, 0.15) is 11.4 Å². The highest BCUT2D eigenvalue weighted by atomic mass is 19.1. The molecule has 2 unspecified atom stereocenters. The zero-order chi connectivity index (χ0) is 22.6. The van der Waals surface area contributed by atoms with Gasteiger partial charge in [-0.25, -0.2) is 9.18 Å². The highest BCUT2D eigenvalue weighted by molar-refractivity contribution is 5.90. The summed E-state index contributed by atoms with van der Waals surface area (Å²) in [5.41, 5.74) is 2.42. The smallest absolute Gasteiger partial charge is 0.414 e. The Kier molecular flexibility index (Phi) is 4.66. The van der Waals surface area contributed by atoms with Crippen molar-refractivity contribution in [1.82, 2.24) is 20.4 Å². The second kappa shape index (κ2) is 7.60. The number of anilines is 1. The molecule has 0 radical (unpaired) electrons. The quantitative estimate of drug-likeness (QED) is 0.590. The van der Waals surface area contributed by atoms with Crippen molar-refractivity contribution in [2.45, 2.75) is 17.9 Å². The molecule has 3 aromatic rings. The lowest BCUT2D eigenvalue weighted by Crippen LogP contribution is -2.25. The SMILES string of the molecule is O=C1O[C@H](Cc2cnn[nH]2)CN1c1ccc(-c2cccnc2C2(CO)C3COCC32)c(F)c1. The molecule has 3 aliphatic rings. The molecule has 1 amide bonds. The molecule has 2 saturated heterocycles. The van der Waals surface area contributed by atoms with Crippen molar-refractivity contribution in [2.75, 3.05) is 31.3 Å². The van der Waals surface area contributed by atoms with E-state index in [4.69, 9.17) is 9.47 Å². The van der Waals surface area contributed by atoms with E-state index in [0.717, 1.165) is 5.69 Å². The van der Waals surface area contributed by atoms with E-state index in [0.29, 0.717) is 48.7 Å². The van der Waals surface area contributed by atoms with Crippen LogP contribution in [0.5, 0.6) is 0 Å². The van der Waals surface area contributed by atoms with Crippen LogP contribution in [0.3, 0.4) is 0 Å². The molecule has 6 rings (SSSR count). The fourth-order valence-corrected chi connectivity index (χ4v) is 5.40. The van der Waals surface area contributed by atoms with E-state index in [2.05, 4.69) is 20.4 Å². The molecule has 1 aliphatic carbocycles. The van der Waals surface area contributed by atoms with Crippen LogP contribution in [0, 0.1) is 17.7 Å². The predicted octanol–water partition coefficient (Wildman–Crippen LogP) is 2.08. The number of aliphatic hydroxyl groups excluding tert-OH is 1. The predicted molar refractivity (Wildman–Crippen MR) is 114 cm³/mol. The summed E-state index contributed by atoms with van der Waals surface area (Å²) < 4.78 is 26.3. The van der Waals surface area contributed by atoms with E-state index >= 15 is 4.39 Å². The third-order valence-corrected chi connectivity index (χ3v) is 7.15. The number of amides is 1. The molecule has 3 atom stereocenters. The summed E-state index contributed by atoms with van der Waals surface area (Å²) in [6.07, 6.45) is 2.80. The molecule has 33 heavy (non-hydrogen) atoms. The fraction of sp³-hybridized carbons (Fsp3) is 0.391. The van der Waals surface area contributed by atoms with Gasteiger partial charge in [0.05, 0.1) is 49.6 Å². The number of aliphatic hydroxyl groups is 1. The molecule has 9 nitrogen and oxygen atoms in total. The number of halogens is 1. The number of ether oxygens (including phenoxy) is 2. The number of pyridine rings is 1. The maximum atomic E-state index is 15.4. The summed E-state index contributed by atoms with van der Waals surface area (Å²) >= 11 is 0. The lowest BCUT2D eigenvalue weighted by Gasteiger charge is -2.22. The van der Waals surface area contributed by atoms with E-state index in [1.807, 2.05) is 6.07 Å². The Morgan fingerprint density at radius 3 is 2.82 bits per heavy atom. The summed E-state index contributed by atoms with van der Waals surface area (Å²) in [6.45, 7) is 1.40. The fourth-order valence-electron chi connectivity index (χ4n) is 5.40. The topological polar surface area (TPSA) is 113 Å². The Morgan fingerprint density at radius 1 is 1.24 bits per heavy atom. The Labute approximate surface area is 188 Å². The molecule has 0 bridgehead atoms. The van der Waals surface area contributed by atoms with Crippen LogP contribution in [0.2, 0.25) is 0 Å². The van der Waals surface area contributed by atoms with E-state index in [9.17, 15) is 9.90 Å². The van der Waals surface area contributed by atoms with E-state index in [-0.39, 0.29) is 24.5 Å². The lowest BCUT2D eigenvalue weighted by atomic mass is 9.89.